The molecule has 1 rings (SSSR count). The Labute approximate surface area is 105 Å². The molecule has 0 fully saturated rings. The number of carbonyl (C=O) groups is 1. The van der Waals surface area contributed by atoms with Crippen LogP contribution in [0.2, 0.25) is 0 Å². The number of hydrogen-bond acceptors (Lipinski definition) is 2. The van der Waals surface area contributed by atoms with E-state index in [4.69, 9.17) is 4.42 Å². The predicted octanol–water partition coefficient (Wildman–Crippen LogP) is 2.89. The second kappa shape index (κ2) is 7.49. The van der Waals surface area contributed by atoms with E-state index in [9.17, 15) is 4.79 Å². The third kappa shape index (κ3) is 5.35. The number of alkyl halides is 1. The van der Waals surface area contributed by atoms with Crippen LogP contribution in [0.1, 0.15) is 31.9 Å². The second-order valence-corrected chi connectivity index (χ2v) is 4.69. The number of unbranched alkanes of at least 4 members (excludes halogenated alkanes) is 1. The topological polar surface area (TPSA) is 42.2 Å². The van der Waals surface area contributed by atoms with Gasteiger partial charge in [-0.05, 0) is 31.9 Å². The van der Waals surface area contributed by atoms with Gasteiger partial charge in [-0.2, -0.15) is 0 Å². The van der Waals surface area contributed by atoms with Crippen LogP contribution in [0, 0.1) is 0 Å². The number of amides is 1. The van der Waals surface area contributed by atoms with Crippen molar-refractivity contribution in [2.24, 2.45) is 0 Å². The number of rotatable bonds is 7. The summed E-state index contributed by atoms with van der Waals surface area (Å²) >= 11 is 3.35. The van der Waals surface area contributed by atoms with E-state index < -0.39 is 0 Å². The Bertz CT molecular complexity index is 298. The summed E-state index contributed by atoms with van der Waals surface area (Å²) in [6.45, 7) is 1.99. The lowest BCUT2D eigenvalue weighted by atomic mass is 10.2. The lowest BCUT2D eigenvalue weighted by molar-refractivity contribution is -0.121. The smallest absolute Gasteiger partial charge is 0.220 e. The molecule has 0 aliphatic rings. The summed E-state index contributed by atoms with van der Waals surface area (Å²) in [5.41, 5.74) is 0. The van der Waals surface area contributed by atoms with Gasteiger partial charge in [0.25, 0.3) is 0 Å². The molecule has 0 saturated heterocycles. The van der Waals surface area contributed by atoms with Gasteiger partial charge in [-0.15, -0.1) is 0 Å². The first kappa shape index (κ1) is 13.3. The Morgan fingerprint density at radius 3 is 3.00 bits per heavy atom. The van der Waals surface area contributed by atoms with Crippen LogP contribution >= 0.6 is 15.9 Å². The maximum Gasteiger partial charge on any atom is 0.220 e. The van der Waals surface area contributed by atoms with E-state index in [1.54, 1.807) is 6.26 Å². The summed E-state index contributed by atoms with van der Waals surface area (Å²) in [6, 6.07) is 3.91. The number of carbonyl (C=O) groups excluding carboxylic acids is 1. The van der Waals surface area contributed by atoms with Crippen LogP contribution in [-0.2, 0) is 11.2 Å². The van der Waals surface area contributed by atoms with Gasteiger partial charge >= 0.3 is 0 Å². The maximum atomic E-state index is 11.5. The number of furan rings is 1. The van der Waals surface area contributed by atoms with Gasteiger partial charge < -0.3 is 9.73 Å². The Kier molecular flexibility index (Phi) is 6.23. The van der Waals surface area contributed by atoms with Gasteiger partial charge in [0, 0.05) is 24.2 Å². The van der Waals surface area contributed by atoms with Crippen molar-refractivity contribution < 1.29 is 9.21 Å². The summed E-state index contributed by atoms with van der Waals surface area (Å²) in [4.78, 5) is 11.5. The van der Waals surface area contributed by atoms with Gasteiger partial charge in [0.2, 0.25) is 5.91 Å². The Hall–Kier alpha value is -0.770. The fourth-order valence-electron chi connectivity index (χ4n) is 1.51. The molecule has 0 aromatic carbocycles. The van der Waals surface area contributed by atoms with E-state index >= 15 is 0 Å². The molecule has 1 aromatic heterocycles. The van der Waals surface area contributed by atoms with E-state index in [1.165, 1.54) is 0 Å². The van der Waals surface area contributed by atoms with Gasteiger partial charge in [-0.3, -0.25) is 4.79 Å². The summed E-state index contributed by atoms with van der Waals surface area (Å²) in [7, 11) is 0. The third-order valence-corrected chi connectivity index (χ3v) is 2.84. The molecule has 0 spiro atoms. The minimum atomic E-state index is 0.125. The molecule has 4 heteroatoms. The zero-order chi connectivity index (χ0) is 11.8. The van der Waals surface area contributed by atoms with Crippen molar-refractivity contribution in [3.05, 3.63) is 24.2 Å². The standard InChI is InChI=1S/C12H18BrNO2/c1-10(9-11-5-4-8-16-11)14-12(15)6-2-3-7-13/h4-5,8,10H,2-3,6-7,9H2,1H3,(H,14,15). The van der Waals surface area contributed by atoms with Crippen LogP contribution in [0.4, 0.5) is 0 Å². The molecule has 0 bridgehead atoms. The molecular weight excluding hydrogens is 270 g/mol. The van der Waals surface area contributed by atoms with Crippen molar-refractivity contribution in [1.82, 2.24) is 5.32 Å². The molecule has 1 N–H and O–H groups in total. The highest BCUT2D eigenvalue weighted by atomic mass is 79.9. The highest BCUT2D eigenvalue weighted by Crippen LogP contribution is 2.04. The molecule has 0 aliphatic carbocycles. The van der Waals surface area contributed by atoms with Crippen LogP contribution in [-0.4, -0.2) is 17.3 Å². The summed E-state index contributed by atoms with van der Waals surface area (Å²) in [5.74, 6) is 1.04. The van der Waals surface area contributed by atoms with E-state index in [2.05, 4.69) is 21.2 Å². The highest BCUT2D eigenvalue weighted by Gasteiger charge is 2.08. The molecule has 0 aliphatic heterocycles. The molecule has 1 heterocycles. The minimum absolute atomic E-state index is 0.125. The number of nitrogens with one attached hydrogen (secondary N) is 1. The van der Waals surface area contributed by atoms with Gasteiger partial charge in [-0.1, -0.05) is 15.9 Å². The molecule has 3 nitrogen and oxygen atoms in total. The predicted molar refractivity (Wildman–Crippen MR) is 67.7 cm³/mol. The maximum absolute atomic E-state index is 11.5. The zero-order valence-electron chi connectivity index (χ0n) is 9.54. The molecule has 0 saturated carbocycles. The Balaban J connectivity index is 2.18. The zero-order valence-corrected chi connectivity index (χ0v) is 11.1. The van der Waals surface area contributed by atoms with Gasteiger partial charge in [0.15, 0.2) is 0 Å². The molecule has 16 heavy (non-hydrogen) atoms. The summed E-state index contributed by atoms with van der Waals surface area (Å²) in [6.07, 6.45) is 4.98. The second-order valence-electron chi connectivity index (χ2n) is 3.90. The van der Waals surface area contributed by atoms with Crippen molar-refractivity contribution in [3.63, 3.8) is 0 Å². The first-order valence-corrected chi connectivity index (χ1v) is 6.72. The van der Waals surface area contributed by atoms with Crippen molar-refractivity contribution in [1.29, 1.82) is 0 Å². The molecule has 1 atom stereocenters. The van der Waals surface area contributed by atoms with Crippen molar-refractivity contribution in [2.45, 2.75) is 38.6 Å². The average molecular weight is 288 g/mol. The Morgan fingerprint density at radius 2 is 2.38 bits per heavy atom. The van der Waals surface area contributed by atoms with Gasteiger partial charge in [0.1, 0.15) is 5.76 Å². The van der Waals surface area contributed by atoms with Crippen molar-refractivity contribution in [3.8, 4) is 0 Å². The van der Waals surface area contributed by atoms with Crippen LogP contribution in [0.15, 0.2) is 22.8 Å². The third-order valence-electron chi connectivity index (χ3n) is 2.28. The molecule has 0 radical (unpaired) electrons. The number of halogens is 1. The number of hydrogen-bond donors (Lipinski definition) is 1. The summed E-state index contributed by atoms with van der Waals surface area (Å²) < 4.78 is 5.23. The van der Waals surface area contributed by atoms with Crippen molar-refractivity contribution >= 4 is 21.8 Å². The van der Waals surface area contributed by atoms with Crippen LogP contribution in [0.25, 0.3) is 0 Å². The van der Waals surface area contributed by atoms with Crippen molar-refractivity contribution in [2.75, 3.05) is 5.33 Å². The lowest BCUT2D eigenvalue weighted by Gasteiger charge is -2.12. The van der Waals surface area contributed by atoms with Crippen LogP contribution in [0.5, 0.6) is 0 Å². The fraction of sp³-hybridized carbons (Fsp3) is 0.583. The highest BCUT2D eigenvalue weighted by molar-refractivity contribution is 9.09. The minimum Gasteiger partial charge on any atom is -0.469 e. The Morgan fingerprint density at radius 1 is 1.56 bits per heavy atom. The van der Waals surface area contributed by atoms with E-state index in [0.717, 1.165) is 30.4 Å². The molecule has 1 aromatic rings. The largest absolute Gasteiger partial charge is 0.469 e. The van der Waals surface area contributed by atoms with E-state index in [-0.39, 0.29) is 11.9 Å². The van der Waals surface area contributed by atoms with Crippen LogP contribution in [0.3, 0.4) is 0 Å². The van der Waals surface area contributed by atoms with Crippen LogP contribution < -0.4 is 5.32 Å². The molecule has 1 amide bonds. The first-order valence-electron chi connectivity index (χ1n) is 5.60. The first-order chi connectivity index (χ1) is 7.72. The van der Waals surface area contributed by atoms with Gasteiger partial charge in [0.05, 0.1) is 6.26 Å². The average Bonchev–Trinajstić information content (AvgIpc) is 2.70. The normalized spacial score (nSPS) is 12.4. The quantitative estimate of drug-likeness (QED) is 0.619. The molecule has 90 valence electrons. The SMILES string of the molecule is CC(Cc1ccco1)NC(=O)CCCCBr. The molecular formula is C12H18BrNO2. The lowest BCUT2D eigenvalue weighted by Crippen LogP contribution is -2.33. The van der Waals surface area contributed by atoms with E-state index in [0.29, 0.717) is 6.42 Å². The fourth-order valence-corrected chi connectivity index (χ4v) is 1.91. The van der Waals surface area contributed by atoms with Gasteiger partial charge in [-0.25, -0.2) is 0 Å². The summed E-state index contributed by atoms with van der Waals surface area (Å²) in [5, 5.41) is 3.92. The molecule has 1 unspecified atom stereocenters. The van der Waals surface area contributed by atoms with E-state index in [1.807, 2.05) is 19.1 Å². The monoisotopic (exact) mass is 287 g/mol.